The van der Waals surface area contributed by atoms with E-state index in [-0.39, 0.29) is 48.9 Å². The molecule has 20 heteroatoms. The first kappa shape index (κ1) is 34.1. The molecule has 3 heterocycles. The molecule has 6 rings (SSSR count). The Hall–Kier alpha value is -3.80. The van der Waals surface area contributed by atoms with E-state index in [1.54, 1.807) is 0 Å². The number of nitrogens with zero attached hydrogens (tertiary/aromatic N) is 3. The standard InChI is InChI=1S/C28H32N6O12P2/c29-28-32-25-22(26(38)33-28)30-14-34(25)27-24(37)23(36)20(45-27)13-44-48(41,42)46-47(39,40)43-10-4-3-7-21(35)31-17-8-9-19-16(12-17)11-15-5-1-2-6-18(15)19/h1-2,5-6,8-9,12,14,20,23-24,27,36-37H,3-4,7,10-11,13H2,(H,31,35)(H,39,40)(H,41,42)(H3,29,32,33,38)/t20-,23-,24-,27-/m1/s1. The molecule has 0 saturated carbocycles. The lowest BCUT2D eigenvalue weighted by molar-refractivity contribution is -0.116. The Morgan fingerprint density at radius 1 is 1.06 bits per heavy atom. The Morgan fingerprint density at radius 3 is 2.62 bits per heavy atom. The number of amides is 1. The van der Waals surface area contributed by atoms with Gasteiger partial charge in [0.15, 0.2) is 17.4 Å². The number of unbranched alkanes of at least 4 members (excludes halogenated alkanes) is 1. The number of phosphoric acid groups is 2. The van der Waals surface area contributed by atoms with Gasteiger partial charge in [-0.3, -0.25) is 28.2 Å². The number of anilines is 2. The fraction of sp³-hybridized carbons (Fsp3) is 0.357. The minimum absolute atomic E-state index is 0.0602. The van der Waals surface area contributed by atoms with Crippen molar-refractivity contribution in [3.05, 3.63) is 70.3 Å². The Kier molecular flexibility index (Phi) is 9.66. The SMILES string of the molecule is Nc1nc2c(ncn2[C@@H]2O[C@H](COP(=O)(O)OP(=O)(O)OCCCCC(=O)Nc3ccc4c(c3)Cc3ccccc3-4)[C@@H](O)[C@H]2O)c(=O)[nH]1. The van der Waals surface area contributed by atoms with Crippen LogP contribution in [0, 0.1) is 0 Å². The smallest absolute Gasteiger partial charge is 0.387 e. The van der Waals surface area contributed by atoms with Crippen molar-refractivity contribution in [1.82, 2.24) is 19.5 Å². The van der Waals surface area contributed by atoms with Gasteiger partial charge in [-0.2, -0.15) is 9.29 Å². The number of nitrogen functional groups attached to an aromatic ring is 1. The van der Waals surface area contributed by atoms with Gasteiger partial charge in [0.25, 0.3) is 5.56 Å². The molecule has 18 nitrogen and oxygen atoms in total. The minimum Gasteiger partial charge on any atom is -0.387 e. The number of hydrogen-bond acceptors (Lipinski definition) is 13. The summed E-state index contributed by atoms with van der Waals surface area (Å²) in [6.07, 6.45) is -3.66. The number of ether oxygens (including phenoxy) is 1. The zero-order chi connectivity index (χ0) is 34.2. The predicted molar refractivity (Wildman–Crippen MR) is 168 cm³/mol. The molecule has 8 N–H and O–H groups in total. The number of rotatable bonds is 13. The van der Waals surface area contributed by atoms with Crippen LogP contribution < -0.4 is 16.6 Å². The molecular formula is C28H32N6O12P2. The van der Waals surface area contributed by atoms with E-state index in [1.165, 1.54) is 11.1 Å². The maximum absolute atomic E-state index is 12.4. The summed E-state index contributed by atoms with van der Waals surface area (Å²) >= 11 is 0. The van der Waals surface area contributed by atoms with Gasteiger partial charge in [-0.15, -0.1) is 0 Å². The third-order valence-electron chi connectivity index (χ3n) is 7.80. The van der Waals surface area contributed by atoms with E-state index in [0.29, 0.717) is 5.69 Å². The summed E-state index contributed by atoms with van der Waals surface area (Å²) in [5, 5.41) is 23.8. The van der Waals surface area contributed by atoms with Crippen molar-refractivity contribution in [3.8, 4) is 11.1 Å². The van der Waals surface area contributed by atoms with Gasteiger partial charge in [-0.1, -0.05) is 30.3 Å². The molecule has 1 saturated heterocycles. The van der Waals surface area contributed by atoms with Crippen LogP contribution >= 0.6 is 15.6 Å². The molecule has 1 aliphatic heterocycles. The summed E-state index contributed by atoms with van der Waals surface area (Å²) in [4.78, 5) is 54.5. The molecule has 1 amide bonds. The molecule has 6 atom stereocenters. The highest BCUT2D eigenvalue weighted by atomic mass is 31.3. The van der Waals surface area contributed by atoms with Crippen molar-refractivity contribution in [2.45, 2.75) is 50.2 Å². The zero-order valence-corrected chi connectivity index (χ0v) is 26.8. The number of aliphatic hydroxyl groups is 2. The average Bonchev–Trinajstić information content (AvgIpc) is 3.68. The third-order valence-corrected chi connectivity index (χ3v) is 10.4. The van der Waals surface area contributed by atoms with Crippen molar-refractivity contribution < 1.29 is 52.0 Å². The highest BCUT2D eigenvalue weighted by molar-refractivity contribution is 7.61. The van der Waals surface area contributed by atoms with Crippen LogP contribution in [0.25, 0.3) is 22.3 Å². The molecule has 0 bridgehead atoms. The van der Waals surface area contributed by atoms with Gasteiger partial charge in [0.2, 0.25) is 11.9 Å². The number of imidazole rings is 1. The molecule has 2 aromatic carbocycles. The van der Waals surface area contributed by atoms with E-state index >= 15 is 0 Å². The molecule has 1 fully saturated rings. The Labute approximate surface area is 271 Å². The van der Waals surface area contributed by atoms with Crippen molar-refractivity contribution in [1.29, 1.82) is 0 Å². The molecular weight excluding hydrogens is 674 g/mol. The van der Waals surface area contributed by atoms with Crippen molar-refractivity contribution in [2.75, 3.05) is 24.3 Å². The van der Waals surface area contributed by atoms with Crippen LogP contribution in [-0.4, -0.2) is 77.0 Å². The second kappa shape index (κ2) is 13.6. The second-order valence-electron chi connectivity index (χ2n) is 11.2. The topological polar surface area (TPSA) is 271 Å². The van der Waals surface area contributed by atoms with Crippen LogP contribution in [0.5, 0.6) is 0 Å². The van der Waals surface area contributed by atoms with Crippen LogP contribution in [0.1, 0.15) is 36.6 Å². The third kappa shape index (κ3) is 7.43. The summed E-state index contributed by atoms with van der Waals surface area (Å²) < 4.78 is 45.2. The van der Waals surface area contributed by atoms with E-state index in [2.05, 4.69) is 36.7 Å². The van der Waals surface area contributed by atoms with E-state index < -0.39 is 52.4 Å². The number of aliphatic hydroxyl groups excluding tert-OH is 2. The molecule has 2 unspecified atom stereocenters. The number of aromatic nitrogens is 4. The molecule has 1 aliphatic carbocycles. The molecule has 2 aliphatic rings. The number of phosphoric ester groups is 2. The monoisotopic (exact) mass is 706 g/mol. The van der Waals surface area contributed by atoms with Crippen molar-refractivity contribution in [2.24, 2.45) is 0 Å². The highest BCUT2D eigenvalue weighted by Crippen LogP contribution is 2.60. The summed E-state index contributed by atoms with van der Waals surface area (Å²) in [6.45, 7) is -1.24. The first-order chi connectivity index (χ1) is 22.8. The summed E-state index contributed by atoms with van der Waals surface area (Å²) in [5.74, 6) is -0.500. The first-order valence-electron chi connectivity index (χ1n) is 14.7. The lowest BCUT2D eigenvalue weighted by Crippen LogP contribution is -2.33. The number of nitrogens with two attached hydrogens (primary N) is 1. The van der Waals surface area contributed by atoms with E-state index in [1.807, 2.05) is 30.3 Å². The van der Waals surface area contributed by atoms with Gasteiger partial charge in [-0.25, -0.2) is 14.1 Å². The molecule has 48 heavy (non-hydrogen) atoms. The number of nitrogens with one attached hydrogen (secondary N) is 2. The molecule has 4 aromatic rings. The van der Waals surface area contributed by atoms with Crippen molar-refractivity contribution >= 4 is 44.4 Å². The second-order valence-corrected chi connectivity index (χ2v) is 14.2. The molecule has 2 aromatic heterocycles. The van der Waals surface area contributed by atoms with Gasteiger partial charge in [-0.05, 0) is 53.6 Å². The largest absolute Gasteiger partial charge is 0.481 e. The fourth-order valence-corrected chi connectivity index (χ4v) is 7.70. The van der Waals surface area contributed by atoms with Crippen LogP contribution in [0.2, 0.25) is 0 Å². The number of aromatic amines is 1. The number of hydrogen-bond donors (Lipinski definition) is 7. The molecule has 0 spiro atoms. The number of carbonyl (C=O) groups is 1. The van der Waals surface area contributed by atoms with Crippen molar-refractivity contribution in [3.63, 3.8) is 0 Å². The molecule has 0 radical (unpaired) electrons. The lowest BCUT2D eigenvalue weighted by Gasteiger charge is -2.19. The summed E-state index contributed by atoms with van der Waals surface area (Å²) in [6, 6.07) is 13.8. The number of benzene rings is 2. The number of fused-ring (bicyclic) bond motifs is 4. The Balaban J connectivity index is 0.927. The normalized spacial score (nSPS) is 22.6. The minimum atomic E-state index is -5.25. The van der Waals surface area contributed by atoms with E-state index in [4.69, 9.17) is 19.5 Å². The Morgan fingerprint density at radius 2 is 1.81 bits per heavy atom. The van der Waals surface area contributed by atoms with Crippen LogP contribution in [0.4, 0.5) is 11.6 Å². The highest BCUT2D eigenvalue weighted by Gasteiger charge is 2.46. The average molecular weight is 707 g/mol. The van der Waals surface area contributed by atoms with Crippen LogP contribution in [0.15, 0.2) is 53.6 Å². The maximum atomic E-state index is 12.4. The number of carbonyl (C=O) groups excluding carboxylic acids is 1. The summed E-state index contributed by atoms with van der Waals surface area (Å²) in [7, 11) is -10.3. The van der Waals surface area contributed by atoms with Crippen LogP contribution in [-0.2, 0) is 38.4 Å². The number of H-pyrrole nitrogens is 1. The van der Waals surface area contributed by atoms with E-state index in [9.17, 15) is 38.7 Å². The first-order valence-corrected chi connectivity index (χ1v) is 17.7. The van der Waals surface area contributed by atoms with Gasteiger partial charge in [0.05, 0.1) is 19.5 Å². The zero-order valence-electron chi connectivity index (χ0n) is 25.0. The van der Waals surface area contributed by atoms with Crippen LogP contribution in [0.3, 0.4) is 0 Å². The fourth-order valence-electron chi connectivity index (χ4n) is 5.59. The predicted octanol–water partition coefficient (Wildman–Crippen LogP) is 1.95. The van der Waals surface area contributed by atoms with Gasteiger partial charge in [0, 0.05) is 12.1 Å². The molecule has 256 valence electrons. The quantitative estimate of drug-likeness (QED) is 0.0681. The van der Waals surface area contributed by atoms with Gasteiger partial charge in [0.1, 0.15) is 18.3 Å². The lowest BCUT2D eigenvalue weighted by atomic mass is 10.1. The maximum Gasteiger partial charge on any atom is 0.481 e. The Bertz CT molecular complexity index is 2000. The van der Waals surface area contributed by atoms with E-state index in [0.717, 1.165) is 28.4 Å². The van der Waals surface area contributed by atoms with Gasteiger partial charge >= 0.3 is 15.6 Å². The summed E-state index contributed by atoms with van der Waals surface area (Å²) in [5.41, 5.74) is 10.1. The van der Waals surface area contributed by atoms with Gasteiger partial charge < -0.3 is 35.8 Å².